The Morgan fingerprint density at radius 3 is 2.67 bits per heavy atom. The van der Waals surface area contributed by atoms with E-state index in [0.717, 1.165) is 10.5 Å². The molecule has 0 atom stereocenters. The van der Waals surface area contributed by atoms with Crippen LogP contribution in [-0.2, 0) is 0 Å². The van der Waals surface area contributed by atoms with E-state index in [1.54, 1.807) is 18.2 Å². The summed E-state index contributed by atoms with van der Waals surface area (Å²) in [5, 5.41) is 0. The number of carbonyl (C=O) groups is 1. The van der Waals surface area contributed by atoms with E-state index in [0.29, 0.717) is 16.9 Å². The molecule has 0 spiro atoms. The minimum Gasteiger partial charge on any atom is -0.396 e. The fraction of sp³-hybridized carbons (Fsp3) is 0.0588. The lowest BCUT2D eigenvalue weighted by molar-refractivity contribution is 0.103. The number of benzene rings is 1. The third-order valence-corrected chi connectivity index (χ3v) is 3.84. The molecule has 0 fully saturated rings. The molecule has 0 aliphatic carbocycles. The molecule has 0 amide bonds. The van der Waals surface area contributed by atoms with E-state index >= 15 is 0 Å². The van der Waals surface area contributed by atoms with Crippen molar-refractivity contribution in [2.45, 2.75) is 6.92 Å². The van der Waals surface area contributed by atoms with Crippen molar-refractivity contribution in [3.05, 3.63) is 77.3 Å². The predicted octanol–water partition coefficient (Wildman–Crippen LogP) is 4.10. The molecule has 0 aliphatic rings. The first-order valence-corrected chi connectivity index (χ1v) is 7.27. The van der Waals surface area contributed by atoms with E-state index in [2.05, 4.69) is 11.0 Å². The van der Waals surface area contributed by atoms with E-state index in [1.165, 1.54) is 11.5 Å². The number of aromatic nitrogens is 1. The van der Waals surface area contributed by atoms with Crippen LogP contribution in [0.2, 0.25) is 0 Å². The quantitative estimate of drug-likeness (QED) is 0.667. The van der Waals surface area contributed by atoms with E-state index in [9.17, 15) is 4.79 Å². The van der Waals surface area contributed by atoms with Crippen molar-refractivity contribution in [1.29, 1.82) is 0 Å². The van der Waals surface area contributed by atoms with Crippen LogP contribution in [0, 0.1) is 0 Å². The van der Waals surface area contributed by atoms with Gasteiger partial charge in [0.25, 0.3) is 0 Å². The average Bonchev–Trinajstić information content (AvgIpc) is 2.90. The molecule has 2 aromatic rings. The van der Waals surface area contributed by atoms with Gasteiger partial charge < -0.3 is 5.73 Å². The minimum absolute atomic E-state index is 0.162. The maximum atomic E-state index is 12.4. The topological polar surface area (TPSA) is 56.0 Å². The molecule has 0 radical (unpaired) electrons. The minimum atomic E-state index is -0.162. The van der Waals surface area contributed by atoms with Crippen LogP contribution in [0.15, 0.2) is 61.2 Å². The van der Waals surface area contributed by atoms with Gasteiger partial charge in [-0.1, -0.05) is 61.2 Å². The molecule has 3 nitrogen and oxygen atoms in total. The van der Waals surface area contributed by atoms with Gasteiger partial charge in [0.1, 0.15) is 5.69 Å². The highest BCUT2D eigenvalue weighted by Gasteiger charge is 2.19. The molecular formula is C17H16N2OS. The lowest BCUT2D eigenvalue weighted by atomic mass is 10.1. The van der Waals surface area contributed by atoms with Gasteiger partial charge in [0.15, 0.2) is 0 Å². The third kappa shape index (κ3) is 3.17. The van der Waals surface area contributed by atoms with Crippen LogP contribution < -0.4 is 5.73 Å². The van der Waals surface area contributed by atoms with Crippen molar-refractivity contribution in [2.75, 3.05) is 5.73 Å². The number of allylic oxidation sites excluding steroid dienone is 5. The Kier molecular flexibility index (Phi) is 4.85. The summed E-state index contributed by atoms with van der Waals surface area (Å²) < 4.78 is 4.22. The lowest BCUT2D eigenvalue weighted by Gasteiger charge is -2.01. The molecule has 0 bridgehead atoms. The second kappa shape index (κ2) is 6.81. The van der Waals surface area contributed by atoms with Crippen molar-refractivity contribution in [1.82, 2.24) is 4.37 Å². The molecular weight excluding hydrogens is 280 g/mol. The van der Waals surface area contributed by atoms with E-state index in [1.807, 2.05) is 43.4 Å². The van der Waals surface area contributed by atoms with Crippen LogP contribution in [-0.4, -0.2) is 10.2 Å². The van der Waals surface area contributed by atoms with Crippen LogP contribution in [0.3, 0.4) is 0 Å². The zero-order chi connectivity index (χ0) is 15.2. The first-order chi connectivity index (χ1) is 10.2. The van der Waals surface area contributed by atoms with Crippen LogP contribution in [0.25, 0.3) is 5.57 Å². The van der Waals surface area contributed by atoms with E-state index in [4.69, 9.17) is 5.73 Å². The number of hydrogen-bond donors (Lipinski definition) is 1. The molecule has 106 valence electrons. The Balaban J connectivity index is 2.41. The highest BCUT2D eigenvalue weighted by molar-refractivity contribution is 7.08. The van der Waals surface area contributed by atoms with Gasteiger partial charge in [-0.15, -0.1) is 0 Å². The van der Waals surface area contributed by atoms with Gasteiger partial charge in [-0.25, -0.2) is 0 Å². The number of nitrogens with zero attached hydrogens (tertiary/aromatic N) is 1. The average molecular weight is 296 g/mol. The molecule has 0 aliphatic heterocycles. The third-order valence-electron chi connectivity index (χ3n) is 2.93. The zero-order valence-corrected chi connectivity index (χ0v) is 12.6. The molecule has 2 rings (SSSR count). The predicted molar refractivity (Wildman–Crippen MR) is 89.4 cm³/mol. The molecule has 21 heavy (non-hydrogen) atoms. The number of ketones is 1. The summed E-state index contributed by atoms with van der Waals surface area (Å²) >= 11 is 1.21. The normalized spacial score (nSPS) is 11.8. The molecule has 1 heterocycles. The van der Waals surface area contributed by atoms with Gasteiger partial charge >= 0.3 is 0 Å². The summed E-state index contributed by atoms with van der Waals surface area (Å²) in [6.07, 6.45) is 7.42. The maximum absolute atomic E-state index is 12.4. The smallest absolute Gasteiger partial charge is 0.214 e. The molecule has 0 unspecified atom stereocenters. The molecule has 1 aromatic carbocycles. The molecule has 0 saturated heterocycles. The van der Waals surface area contributed by atoms with Crippen molar-refractivity contribution in [3.8, 4) is 0 Å². The fourth-order valence-corrected chi connectivity index (χ4v) is 2.65. The first kappa shape index (κ1) is 14.9. The van der Waals surface area contributed by atoms with Crippen molar-refractivity contribution >= 4 is 28.6 Å². The Morgan fingerprint density at radius 2 is 2.05 bits per heavy atom. The van der Waals surface area contributed by atoms with E-state index < -0.39 is 0 Å². The maximum Gasteiger partial charge on any atom is 0.214 e. The highest BCUT2D eigenvalue weighted by Crippen LogP contribution is 2.31. The summed E-state index contributed by atoms with van der Waals surface area (Å²) in [7, 11) is 0. The summed E-state index contributed by atoms with van der Waals surface area (Å²) in [6, 6.07) is 9.01. The molecule has 2 N–H and O–H groups in total. The summed E-state index contributed by atoms with van der Waals surface area (Å²) in [6.45, 7) is 5.71. The molecule has 4 heteroatoms. The monoisotopic (exact) mass is 296 g/mol. The van der Waals surface area contributed by atoms with Crippen LogP contribution >= 0.6 is 11.5 Å². The Hall–Kier alpha value is -2.46. The SMILES string of the molecule is C=C/C(=C\C=C/C)c1snc(C(=O)c2ccccc2)c1N. The second-order valence-electron chi connectivity index (χ2n) is 4.32. The van der Waals surface area contributed by atoms with Crippen LogP contribution in [0.4, 0.5) is 5.69 Å². The van der Waals surface area contributed by atoms with Gasteiger partial charge in [0.2, 0.25) is 5.78 Å². The van der Waals surface area contributed by atoms with Gasteiger partial charge in [-0.3, -0.25) is 4.79 Å². The molecule has 0 saturated carbocycles. The number of hydrogen-bond acceptors (Lipinski definition) is 4. The van der Waals surface area contributed by atoms with Gasteiger partial charge in [-0.05, 0) is 24.0 Å². The number of carbonyl (C=O) groups excluding carboxylic acids is 1. The Labute approximate surface area is 128 Å². The van der Waals surface area contributed by atoms with Gasteiger partial charge in [0.05, 0.1) is 10.6 Å². The van der Waals surface area contributed by atoms with E-state index in [-0.39, 0.29) is 5.78 Å². The van der Waals surface area contributed by atoms with Crippen molar-refractivity contribution in [2.24, 2.45) is 0 Å². The number of rotatable bonds is 5. The number of nitrogens with two attached hydrogens (primary N) is 1. The highest BCUT2D eigenvalue weighted by atomic mass is 32.1. The van der Waals surface area contributed by atoms with Gasteiger partial charge in [0, 0.05) is 5.56 Å². The summed E-state index contributed by atoms with van der Waals surface area (Å²) in [5.74, 6) is -0.162. The number of nitrogen functional groups attached to an aromatic ring is 1. The van der Waals surface area contributed by atoms with Crippen LogP contribution in [0.5, 0.6) is 0 Å². The lowest BCUT2D eigenvalue weighted by Crippen LogP contribution is -2.05. The van der Waals surface area contributed by atoms with Crippen LogP contribution in [0.1, 0.15) is 27.9 Å². The number of anilines is 1. The summed E-state index contributed by atoms with van der Waals surface area (Å²) in [5.41, 5.74) is 8.25. The zero-order valence-electron chi connectivity index (χ0n) is 11.7. The van der Waals surface area contributed by atoms with Crippen molar-refractivity contribution in [3.63, 3.8) is 0 Å². The fourth-order valence-electron chi connectivity index (χ4n) is 1.83. The second-order valence-corrected chi connectivity index (χ2v) is 5.09. The Morgan fingerprint density at radius 1 is 1.33 bits per heavy atom. The Bertz CT molecular complexity index is 712. The molecule has 1 aromatic heterocycles. The van der Waals surface area contributed by atoms with Gasteiger partial charge in [-0.2, -0.15) is 4.37 Å². The van der Waals surface area contributed by atoms with Crippen molar-refractivity contribution < 1.29 is 4.79 Å². The summed E-state index contributed by atoms with van der Waals surface area (Å²) in [4.78, 5) is 13.2. The standard InChI is InChI=1S/C17H16N2OS/c1-3-5-9-12(4-2)17-14(18)15(19-21-17)16(20)13-10-7-6-8-11-13/h3-11H,2,18H2,1H3/b5-3-,12-9+. The first-order valence-electron chi connectivity index (χ1n) is 6.49. The largest absolute Gasteiger partial charge is 0.396 e.